The number of aliphatic imine (C=N–C) groups is 1. The van der Waals surface area contributed by atoms with Crippen LogP contribution in [0.1, 0.15) is 5.56 Å². The highest BCUT2D eigenvalue weighted by Gasteiger charge is 2.29. The lowest BCUT2D eigenvalue weighted by atomic mass is 10.2. The van der Waals surface area contributed by atoms with E-state index in [1.165, 1.54) is 11.8 Å². The van der Waals surface area contributed by atoms with Crippen LogP contribution < -0.4 is 0 Å². The van der Waals surface area contributed by atoms with Crippen LogP contribution in [0.4, 0.5) is 0 Å². The van der Waals surface area contributed by atoms with E-state index in [0.717, 1.165) is 25.5 Å². The lowest BCUT2D eigenvalue weighted by Gasteiger charge is -2.05. The molecule has 1 fully saturated rings. The molecule has 0 N–H and O–H groups in total. The van der Waals surface area contributed by atoms with Crippen LogP contribution in [-0.2, 0) is 4.79 Å². The molecule has 3 nitrogen and oxygen atoms in total. The van der Waals surface area contributed by atoms with Gasteiger partial charge in [-0.3, -0.25) is 14.7 Å². The topological polar surface area (TPSA) is 32.7 Å². The molecule has 2 aromatic carbocycles. The quantitative estimate of drug-likeness (QED) is 0.707. The van der Waals surface area contributed by atoms with Gasteiger partial charge in [-0.05, 0) is 59.8 Å². The van der Waals surface area contributed by atoms with Gasteiger partial charge < -0.3 is 0 Å². The van der Waals surface area contributed by atoms with Crippen molar-refractivity contribution >= 4 is 52.3 Å². The van der Waals surface area contributed by atoms with E-state index in [1.54, 1.807) is 30.8 Å². The van der Waals surface area contributed by atoms with Crippen LogP contribution >= 0.6 is 35.1 Å². The summed E-state index contributed by atoms with van der Waals surface area (Å²) in [5.41, 5.74) is 0.997. The maximum atomic E-state index is 12.2. The van der Waals surface area contributed by atoms with Crippen molar-refractivity contribution < 1.29 is 4.79 Å². The van der Waals surface area contributed by atoms with Crippen molar-refractivity contribution in [2.24, 2.45) is 4.99 Å². The molecule has 1 aliphatic rings. The molecule has 122 valence electrons. The second-order valence-corrected chi connectivity index (χ2v) is 7.70. The number of carbonyl (C=O) groups is 1. The van der Waals surface area contributed by atoms with Gasteiger partial charge in [0.2, 0.25) is 0 Å². The zero-order valence-electron chi connectivity index (χ0n) is 13.2. The van der Waals surface area contributed by atoms with E-state index in [0.29, 0.717) is 4.91 Å². The van der Waals surface area contributed by atoms with Crippen LogP contribution in [0.15, 0.2) is 68.2 Å². The zero-order valence-corrected chi connectivity index (χ0v) is 15.6. The third-order valence-electron chi connectivity index (χ3n) is 3.42. The Morgan fingerprint density at radius 2 is 1.67 bits per heavy atom. The van der Waals surface area contributed by atoms with Crippen molar-refractivity contribution in [2.75, 3.05) is 14.1 Å². The van der Waals surface area contributed by atoms with Crippen LogP contribution in [0.25, 0.3) is 6.08 Å². The molecule has 24 heavy (non-hydrogen) atoms. The number of carbonyl (C=O) groups excluding carboxylic acids is 1. The lowest BCUT2D eigenvalue weighted by Crippen LogP contribution is -2.23. The fourth-order valence-corrected chi connectivity index (χ4v) is 4.04. The van der Waals surface area contributed by atoms with Gasteiger partial charge in [0.05, 0.1) is 4.91 Å². The van der Waals surface area contributed by atoms with E-state index in [1.807, 2.05) is 54.6 Å². The number of halogens is 1. The first-order valence-corrected chi connectivity index (χ1v) is 9.26. The Morgan fingerprint density at radius 3 is 2.21 bits per heavy atom. The molecular formula is C18H15ClN2OS2. The molecule has 0 spiro atoms. The molecule has 1 saturated heterocycles. The van der Waals surface area contributed by atoms with Crippen molar-refractivity contribution in [3.63, 3.8) is 0 Å². The number of amides is 1. The summed E-state index contributed by atoms with van der Waals surface area (Å²) in [6.07, 6.45) is 1.90. The molecule has 3 rings (SSSR count). The molecule has 0 radical (unpaired) electrons. The van der Waals surface area contributed by atoms with Crippen molar-refractivity contribution in [2.45, 2.75) is 9.79 Å². The highest BCUT2D eigenvalue weighted by molar-refractivity contribution is 8.18. The molecular weight excluding hydrogens is 360 g/mol. The minimum Gasteiger partial charge on any atom is -0.290 e. The van der Waals surface area contributed by atoms with E-state index in [-0.39, 0.29) is 5.91 Å². The molecule has 0 atom stereocenters. The van der Waals surface area contributed by atoms with Gasteiger partial charge in [0.15, 0.2) is 5.17 Å². The number of hydrogen-bond acceptors (Lipinski definition) is 4. The Hall–Kier alpha value is -1.69. The SMILES string of the molecule is CN=C1S/C(=C\c2ccc(Sc3ccc(Cl)cc3)cc2)C(=O)N1C. The first-order chi connectivity index (χ1) is 11.6. The van der Waals surface area contributed by atoms with Crippen molar-refractivity contribution in [1.29, 1.82) is 0 Å². The fraction of sp³-hybridized carbons (Fsp3) is 0.111. The molecule has 0 aromatic heterocycles. The van der Waals surface area contributed by atoms with E-state index < -0.39 is 0 Å². The largest absolute Gasteiger partial charge is 0.290 e. The molecule has 0 saturated carbocycles. The van der Waals surface area contributed by atoms with E-state index in [4.69, 9.17) is 11.6 Å². The first kappa shape index (κ1) is 17.1. The molecule has 1 heterocycles. The van der Waals surface area contributed by atoms with Gasteiger partial charge in [0.1, 0.15) is 0 Å². The smallest absolute Gasteiger partial charge is 0.266 e. The molecule has 1 aliphatic heterocycles. The number of rotatable bonds is 3. The summed E-state index contributed by atoms with van der Waals surface area (Å²) in [6.45, 7) is 0. The second kappa shape index (κ2) is 7.47. The van der Waals surface area contributed by atoms with E-state index >= 15 is 0 Å². The molecule has 0 unspecified atom stereocenters. The Balaban J connectivity index is 1.74. The lowest BCUT2D eigenvalue weighted by molar-refractivity contribution is -0.121. The molecule has 0 aliphatic carbocycles. The van der Waals surface area contributed by atoms with Gasteiger partial charge >= 0.3 is 0 Å². The summed E-state index contributed by atoms with van der Waals surface area (Å²) < 4.78 is 0. The predicted molar refractivity (Wildman–Crippen MR) is 104 cm³/mol. The number of amidine groups is 1. The zero-order chi connectivity index (χ0) is 17.1. The number of nitrogens with zero attached hydrogens (tertiary/aromatic N) is 2. The fourth-order valence-electron chi connectivity index (χ4n) is 2.17. The van der Waals surface area contributed by atoms with Crippen molar-refractivity contribution in [3.05, 3.63) is 64.0 Å². The van der Waals surface area contributed by atoms with E-state index in [9.17, 15) is 4.79 Å². The molecule has 0 bridgehead atoms. The average Bonchev–Trinajstić information content (AvgIpc) is 2.86. The first-order valence-electron chi connectivity index (χ1n) is 7.24. The Morgan fingerprint density at radius 1 is 1.08 bits per heavy atom. The molecule has 1 amide bonds. The monoisotopic (exact) mass is 374 g/mol. The van der Waals surface area contributed by atoms with Crippen LogP contribution in [0, 0.1) is 0 Å². The predicted octanol–water partition coefficient (Wildman–Crippen LogP) is 5.02. The normalized spacial score (nSPS) is 18.0. The third-order valence-corrected chi connectivity index (χ3v) is 5.84. The van der Waals surface area contributed by atoms with Gasteiger partial charge in [-0.25, -0.2) is 0 Å². The summed E-state index contributed by atoms with van der Waals surface area (Å²) in [5.74, 6) is -0.0137. The Bertz CT molecular complexity index is 814. The summed E-state index contributed by atoms with van der Waals surface area (Å²) in [4.78, 5) is 20.8. The molecule has 2 aromatic rings. The van der Waals surface area contributed by atoms with Crippen molar-refractivity contribution in [3.8, 4) is 0 Å². The van der Waals surface area contributed by atoms with Crippen LogP contribution in [0.2, 0.25) is 5.02 Å². The van der Waals surface area contributed by atoms with Crippen LogP contribution in [0.3, 0.4) is 0 Å². The summed E-state index contributed by atoms with van der Waals surface area (Å²) in [7, 11) is 3.43. The number of likely N-dealkylation sites (N-methyl/N-ethyl adjacent to an activating group) is 1. The highest BCUT2D eigenvalue weighted by Crippen LogP contribution is 2.32. The van der Waals surface area contributed by atoms with Gasteiger partial charge in [-0.15, -0.1) is 0 Å². The van der Waals surface area contributed by atoms with Crippen LogP contribution in [-0.4, -0.2) is 30.1 Å². The maximum Gasteiger partial charge on any atom is 0.266 e. The van der Waals surface area contributed by atoms with Gasteiger partial charge in [-0.2, -0.15) is 0 Å². The number of thioether (sulfide) groups is 1. The Labute approximate surface area is 154 Å². The summed E-state index contributed by atoms with van der Waals surface area (Å²) in [5, 5.41) is 1.46. The highest BCUT2D eigenvalue weighted by atomic mass is 35.5. The second-order valence-electron chi connectivity index (χ2n) is 5.11. The standard InChI is InChI=1S/C18H15ClN2OS2/c1-20-18-21(2)17(22)16(24-18)11-12-3-7-14(8-4-12)23-15-9-5-13(19)6-10-15/h3-11H,1-2H3/b16-11-,20-18?. The number of hydrogen-bond donors (Lipinski definition) is 0. The average molecular weight is 375 g/mol. The minimum absolute atomic E-state index is 0.0137. The van der Waals surface area contributed by atoms with Gasteiger partial charge in [0, 0.05) is 28.9 Å². The number of benzene rings is 2. The van der Waals surface area contributed by atoms with Gasteiger partial charge in [-0.1, -0.05) is 35.5 Å². The van der Waals surface area contributed by atoms with Crippen LogP contribution in [0.5, 0.6) is 0 Å². The third kappa shape index (κ3) is 3.86. The summed E-state index contributed by atoms with van der Waals surface area (Å²) >= 11 is 8.98. The minimum atomic E-state index is -0.0137. The van der Waals surface area contributed by atoms with Crippen molar-refractivity contribution in [1.82, 2.24) is 4.90 Å². The summed E-state index contributed by atoms with van der Waals surface area (Å²) in [6, 6.07) is 15.9. The Kier molecular flexibility index (Phi) is 5.33. The van der Waals surface area contributed by atoms with E-state index in [2.05, 4.69) is 4.99 Å². The van der Waals surface area contributed by atoms with Gasteiger partial charge in [0.25, 0.3) is 5.91 Å². The molecule has 6 heteroatoms. The maximum absolute atomic E-state index is 12.2.